The van der Waals surface area contributed by atoms with Crippen molar-refractivity contribution < 1.29 is 4.79 Å². The average Bonchev–Trinajstić information content (AvgIpc) is 2.30. The maximum absolute atomic E-state index is 11.7. The van der Waals surface area contributed by atoms with Crippen LogP contribution in [0.15, 0.2) is 12.4 Å². The minimum absolute atomic E-state index is 0.140. The third kappa shape index (κ3) is 5.04. The molecule has 94 valence electrons. The van der Waals surface area contributed by atoms with Crippen LogP contribution in [-0.4, -0.2) is 33.4 Å². The number of aromatic nitrogens is 2. The number of amides is 1. The van der Waals surface area contributed by atoms with Crippen molar-refractivity contribution in [1.82, 2.24) is 15.3 Å². The summed E-state index contributed by atoms with van der Waals surface area (Å²) in [5, 5.41) is 2.88. The smallest absolute Gasteiger partial charge is 0.271 e. The molecule has 17 heavy (non-hydrogen) atoms. The van der Waals surface area contributed by atoms with Crippen LogP contribution in [0.2, 0.25) is 0 Å². The summed E-state index contributed by atoms with van der Waals surface area (Å²) in [6, 6.07) is 0.140. The van der Waals surface area contributed by atoms with Gasteiger partial charge >= 0.3 is 0 Å². The number of hydrogen-bond acceptors (Lipinski definition) is 5. The lowest BCUT2D eigenvalue weighted by molar-refractivity contribution is 0.0934. The van der Waals surface area contributed by atoms with Crippen LogP contribution >= 0.6 is 11.8 Å². The Morgan fingerprint density at radius 1 is 1.53 bits per heavy atom. The first-order valence-corrected chi connectivity index (χ1v) is 6.75. The van der Waals surface area contributed by atoms with Crippen LogP contribution in [0.1, 0.15) is 30.8 Å². The lowest BCUT2D eigenvalue weighted by Gasteiger charge is -2.12. The van der Waals surface area contributed by atoms with Crippen molar-refractivity contribution in [3.05, 3.63) is 18.1 Å². The largest absolute Gasteiger partial charge is 0.382 e. The monoisotopic (exact) mass is 254 g/mol. The molecular weight excluding hydrogens is 236 g/mol. The average molecular weight is 254 g/mol. The predicted octanol–water partition coefficient (Wildman–Crippen LogP) is 1.32. The molecule has 0 fully saturated rings. The molecule has 1 unspecified atom stereocenters. The molecule has 1 heterocycles. The van der Waals surface area contributed by atoms with Gasteiger partial charge in [-0.2, -0.15) is 11.8 Å². The van der Waals surface area contributed by atoms with Crippen molar-refractivity contribution >= 4 is 23.5 Å². The molecule has 0 bridgehead atoms. The maximum atomic E-state index is 11.7. The van der Waals surface area contributed by atoms with E-state index in [1.807, 2.05) is 18.7 Å². The van der Waals surface area contributed by atoms with Crippen LogP contribution in [0.3, 0.4) is 0 Å². The Morgan fingerprint density at radius 3 is 2.88 bits per heavy atom. The van der Waals surface area contributed by atoms with Gasteiger partial charge in [-0.3, -0.25) is 4.79 Å². The highest BCUT2D eigenvalue weighted by molar-refractivity contribution is 7.99. The molecular formula is C11H18N4OS. The highest BCUT2D eigenvalue weighted by Gasteiger charge is 2.10. The highest BCUT2D eigenvalue weighted by atomic mass is 32.2. The Kier molecular flexibility index (Phi) is 5.76. The van der Waals surface area contributed by atoms with Crippen molar-refractivity contribution in [3.8, 4) is 0 Å². The Balaban J connectivity index is 2.40. The van der Waals surface area contributed by atoms with Crippen LogP contribution in [0, 0.1) is 0 Å². The SMILES string of the molecule is CCSCCC(C)NC(=O)c1cnc(N)cn1. The first kappa shape index (κ1) is 13.8. The summed E-state index contributed by atoms with van der Waals surface area (Å²) >= 11 is 1.87. The van der Waals surface area contributed by atoms with Crippen molar-refractivity contribution in [1.29, 1.82) is 0 Å². The van der Waals surface area contributed by atoms with E-state index in [1.165, 1.54) is 12.4 Å². The minimum atomic E-state index is -0.202. The van der Waals surface area contributed by atoms with Gasteiger partial charge in [-0.05, 0) is 24.9 Å². The number of carbonyl (C=O) groups excluding carboxylic acids is 1. The molecule has 0 aliphatic carbocycles. The van der Waals surface area contributed by atoms with Gasteiger partial charge < -0.3 is 11.1 Å². The second-order valence-corrected chi connectivity index (χ2v) is 5.08. The minimum Gasteiger partial charge on any atom is -0.382 e. The second kappa shape index (κ2) is 7.11. The zero-order valence-electron chi connectivity index (χ0n) is 10.1. The first-order valence-electron chi connectivity index (χ1n) is 5.59. The zero-order chi connectivity index (χ0) is 12.7. The standard InChI is InChI=1S/C11H18N4OS/c1-3-17-5-4-8(2)15-11(16)9-6-14-10(12)7-13-9/h6-8H,3-5H2,1-2H3,(H2,12,14)(H,15,16). The van der Waals surface area contributed by atoms with E-state index >= 15 is 0 Å². The number of nitrogen functional groups attached to an aromatic ring is 1. The summed E-state index contributed by atoms with van der Waals surface area (Å²) in [5.41, 5.74) is 5.70. The summed E-state index contributed by atoms with van der Waals surface area (Å²) in [4.78, 5) is 19.5. The number of nitrogens with zero attached hydrogens (tertiary/aromatic N) is 2. The van der Waals surface area contributed by atoms with Gasteiger partial charge in [0.15, 0.2) is 0 Å². The van der Waals surface area contributed by atoms with Crippen LogP contribution in [0.5, 0.6) is 0 Å². The lowest BCUT2D eigenvalue weighted by Crippen LogP contribution is -2.33. The van der Waals surface area contributed by atoms with Gasteiger partial charge in [0.05, 0.1) is 12.4 Å². The van der Waals surface area contributed by atoms with E-state index in [4.69, 9.17) is 5.73 Å². The fourth-order valence-corrected chi connectivity index (χ4v) is 2.04. The Bertz CT molecular complexity index is 355. The quantitative estimate of drug-likeness (QED) is 0.748. The topological polar surface area (TPSA) is 80.9 Å². The number of carbonyl (C=O) groups is 1. The Morgan fingerprint density at radius 2 is 2.29 bits per heavy atom. The molecule has 1 aromatic rings. The molecule has 0 saturated heterocycles. The molecule has 5 nitrogen and oxygen atoms in total. The maximum Gasteiger partial charge on any atom is 0.271 e. The molecule has 1 aromatic heterocycles. The number of nitrogens with one attached hydrogen (secondary N) is 1. The van der Waals surface area contributed by atoms with Gasteiger partial charge in [-0.15, -0.1) is 0 Å². The zero-order valence-corrected chi connectivity index (χ0v) is 11.0. The lowest BCUT2D eigenvalue weighted by atomic mass is 10.2. The fourth-order valence-electron chi connectivity index (χ4n) is 1.23. The van der Waals surface area contributed by atoms with Crippen molar-refractivity contribution in [2.45, 2.75) is 26.3 Å². The van der Waals surface area contributed by atoms with E-state index in [-0.39, 0.29) is 11.9 Å². The first-order chi connectivity index (χ1) is 8.13. The van der Waals surface area contributed by atoms with Crippen LogP contribution in [0.4, 0.5) is 5.82 Å². The van der Waals surface area contributed by atoms with Gasteiger partial charge in [0, 0.05) is 6.04 Å². The molecule has 1 rings (SSSR count). The molecule has 0 aliphatic rings. The van der Waals surface area contributed by atoms with Gasteiger partial charge in [0.25, 0.3) is 5.91 Å². The number of hydrogen-bond donors (Lipinski definition) is 2. The predicted molar refractivity (Wildman–Crippen MR) is 71.0 cm³/mol. The van der Waals surface area contributed by atoms with E-state index in [0.717, 1.165) is 17.9 Å². The van der Waals surface area contributed by atoms with Crippen LogP contribution in [0.25, 0.3) is 0 Å². The van der Waals surface area contributed by atoms with E-state index in [1.54, 1.807) is 0 Å². The molecule has 0 saturated carbocycles. The Hall–Kier alpha value is -1.30. The van der Waals surface area contributed by atoms with E-state index in [0.29, 0.717) is 11.5 Å². The van der Waals surface area contributed by atoms with Crippen molar-refractivity contribution in [2.75, 3.05) is 17.2 Å². The number of thioether (sulfide) groups is 1. The third-order valence-corrected chi connectivity index (χ3v) is 3.11. The number of anilines is 1. The van der Waals surface area contributed by atoms with Crippen molar-refractivity contribution in [3.63, 3.8) is 0 Å². The molecule has 6 heteroatoms. The highest BCUT2D eigenvalue weighted by Crippen LogP contribution is 2.04. The molecule has 0 aromatic carbocycles. The van der Waals surface area contributed by atoms with E-state index < -0.39 is 0 Å². The number of rotatable bonds is 6. The van der Waals surface area contributed by atoms with E-state index in [9.17, 15) is 4.79 Å². The molecule has 3 N–H and O–H groups in total. The summed E-state index contributed by atoms with van der Waals surface area (Å²) < 4.78 is 0. The van der Waals surface area contributed by atoms with E-state index in [2.05, 4.69) is 22.2 Å². The molecule has 0 aliphatic heterocycles. The summed E-state index contributed by atoms with van der Waals surface area (Å²) in [7, 11) is 0. The molecule has 0 radical (unpaired) electrons. The fraction of sp³-hybridized carbons (Fsp3) is 0.545. The normalized spacial score (nSPS) is 12.1. The van der Waals surface area contributed by atoms with Gasteiger partial charge in [-0.1, -0.05) is 6.92 Å². The summed E-state index contributed by atoms with van der Waals surface area (Å²) in [6.07, 6.45) is 3.72. The summed E-state index contributed by atoms with van der Waals surface area (Å²) in [6.45, 7) is 4.11. The van der Waals surface area contributed by atoms with Gasteiger partial charge in [0.2, 0.25) is 0 Å². The summed E-state index contributed by atoms with van der Waals surface area (Å²) in [5.74, 6) is 2.26. The number of nitrogens with two attached hydrogens (primary N) is 1. The Labute approximate surface area is 106 Å². The second-order valence-electron chi connectivity index (χ2n) is 3.69. The molecule has 0 spiro atoms. The van der Waals surface area contributed by atoms with Crippen LogP contribution in [-0.2, 0) is 0 Å². The van der Waals surface area contributed by atoms with Crippen LogP contribution < -0.4 is 11.1 Å². The molecule has 1 amide bonds. The van der Waals surface area contributed by atoms with Gasteiger partial charge in [0.1, 0.15) is 11.5 Å². The molecule has 1 atom stereocenters. The van der Waals surface area contributed by atoms with Crippen molar-refractivity contribution in [2.24, 2.45) is 0 Å². The third-order valence-electron chi connectivity index (χ3n) is 2.18. The van der Waals surface area contributed by atoms with Gasteiger partial charge in [-0.25, -0.2) is 9.97 Å².